The summed E-state index contributed by atoms with van der Waals surface area (Å²) >= 11 is 1.58. The monoisotopic (exact) mass is 654 g/mol. The number of aromatic nitrogens is 1. The van der Waals surface area contributed by atoms with Crippen molar-refractivity contribution in [1.82, 2.24) is 31.2 Å². The number of β-amino-alcohol motifs (C(OH)–C–C–N with tert-alkyl or cyclic N) is 1. The smallest absolute Gasteiger partial charge is 0.246 e. The number of aliphatic hydroxyl groups excluding tert-OH is 1. The molecule has 0 bridgehead atoms. The minimum atomic E-state index is -0.875. The molecule has 46 heavy (non-hydrogen) atoms. The normalized spacial score (nSPS) is 20.2. The van der Waals surface area contributed by atoms with Crippen LogP contribution in [0.15, 0.2) is 29.8 Å². The molecular weight excluding hydrogens is 604 g/mol. The number of hydrogen-bond acceptors (Lipinski definition) is 8. The number of amides is 4. The Kier molecular flexibility index (Phi) is 12.3. The Hall–Kier alpha value is -3.35. The van der Waals surface area contributed by atoms with Crippen LogP contribution in [0.2, 0.25) is 0 Å². The zero-order valence-electron chi connectivity index (χ0n) is 27.7. The highest BCUT2D eigenvalue weighted by Crippen LogP contribution is 2.29. The van der Waals surface area contributed by atoms with Crippen LogP contribution in [-0.2, 0) is 19.2 Å². The lowest BCUT2D eigenvalue weighted by Gasteiger charge is -2.35. The molecule has 0 aliphatic carbocycles. The molecule has 0 radical (unpaired) electrons. The van der Waals surface area contributed by atoms with Crippen LogP contribution in [-0.4, -0.2) is 83.0 Å². The molecule has 1 unspecified atom stereocenters. The SMILES string of the molecule is Cc1ncsc1-c1ccc([C@H](C)NC(=O)[C@@H]2C[C@@H](O)CN2C(=O)C(NC(=O)CCCCNC(=O)C2CCNCC2)C(C)(C)C)cc1. The number of aryl methyl sites for hydroxylation is 1. The van der Waals surface area contributed by atoms with E-state index < -0.39 is 23.6 Å². The first-order valence-corrected chi connectivity index (χ1v) is 17.3. The van der Waals surface area contributed by atoms with Gasteiger partial charge in [0.1, 0.15) is 12.1 Å². The van der Waals surface area contributed by atoms with Gasteiger partial charge in [-0.3, -0.25) is 19.2 Å². The Morgan fingerprint density at radius 1 is 1.07 bits per heavy atom. The van der Waals surface area contributed by atoms with Crippen LogP contribution in [0, 0.1) is 18.3 Å². The third-order valence-electron chi connectivity index (χ3n) is 8.90. The number of piperidine rings is 1. The van der Waals surface area contributed by atoms with E-state index in [1.165, 1.54) is 4.90 Å². The number of rotatable bonds is 12. The van der Waals surface area contributed by atoms with Gasteiger partial charge in [-0.05, 0) is 69.2 Å². The molecule has 2 aliphatic heterocycles. The molecule has 0 spiro atoms. The van der Waals surface area contributed by atoms with Crippen molar-refractivity contribution in [3.63, 3.8) is 0 Å². The summed E-state index contributed by atoms with van der Waals surface area (Å²) in [5.41, 5.74) is 4.14. The minimum absolute atomic E-state index is 0.0212. The molecule has 1 aromatic carbocycles. The number of benzene rings is 1. The first-order valence-electron chi connectivity index (χ1n) is 16.4. The molecule has 4 rings (SSSR count). The van der Waals surface area contributed by atoms with E-state index in [0.29, 0.717) is 19.4 Å². The average molecular weight is 655 g/mol. The molecule has 12 heteroatoms. The van der Waals surface area contributed by atoms with Crippen molar-refractivity contribution in [3.8, 4) is 10.4 Å². The van der Waals surface area contributed by atoms with Crippen LogP contribution in [0.5, 0.6) is 0 Å². The molecule has 2 saturated heterocycles. The zero-order chi connectivity index (χ0) is 33.4. The Morgan fingerprint density at radius 3 is 2.39 bits per heavy atom. The number of thiazole rings is 1. The maximum absolute atomic E-state index is 13.9. The summed E-state index contributed by atoms with van der Waals surface area (Å²) in [5.74, 6) is -0.866. The molecule has 1 aromatic heterocycles. The van der Waals surface area contributed by atoms with Gasteiger partial charge in [0.15, 0.2) is 0 Å². The van der Waals surface area contributed by atoms with Gasteiger partial charge in [0.05, 0.1) is 28.2 Å². The van der Waals surface area contributed by atoms with Crippen molar-refractivity contribution >= 4 is 35.0 Å². The molecule has 252 valence electrons. The van der Waals surface area contributed by atoms with E-state index in [-0.39, 0.29) is 55.0 Å². The molecule has 4 atom stereocenters. The number of likely N-dealkylation sites (tertiary alicyclic amines) is 1. The number of carbonyl (C=O) groups excluding carboxylic acids is 4. The third-order valence-corrected chi connectivity index (χ3v) is 9.88. The average Bonchev–Trinajstić information content (AvgIpc) is 3.64. The van der Waals surface area contributed by atoms with E-state index >= 15 is 0 Å². The largest absolute Gasteiger partial charge is 0.391 e. The highest BCUT2D eigenvalue weighted by molar-refractivity contribution is 7.13. The summed E-state index contributed by atoms with van der Waals surface area (Å²) in [5, 5.41) is 22.7. The van der Waals surface area contributed by atoms with E-state index in [1.54, 1.807) is 11.3 Å². The number of carbonyl (C=O) groups is 4. The maximum atomic E-state index is 13.9. The van der Waals surface area contributed by atoms with Crippen molar-refractivity contribution in [2.24, 2.45) is 11.3 Å². The molecule has 2 fully saturated rings. The van der Waals surface area contributed by atoms with Crippen molar-refractivity contribution < 1.29 is 24.3 Å². The van der Waals surface area contributed by atoms with Crippen LogP contribution in [0.4, 0.5) is 0 Å². The van der Waals surface area contributed by atoms with Crippen molar-refractivity contribution in [2.75, 3.05) is 26.2 Å². The van der Waals surface area contributed by atoms with Crippen LogP contribution < -0.4 is 21.3 Å². The van der Waals surface area contributed by atoms with Gasteiger partial charge in [-0.15, -0.1) is 11.3 Å². The topological polar surface area (TPSA) is 153 Å². The lowest BCUT2D eigenvalue weighted by Crippen LogP contribution is -2.57. The first kappa shape index (κ1) is 35.5. The zero-order valence-corrected chi connectivity index (χ0v) is 28.5. The van der Waals surface area contributed by atoms with Gasteiger partial charge in [-0.2, -0.15) is 0 Å². The Balaban J connectivity index is 1.30. The molecule has 4 amide bonds. The third kappa shape index (κ3) is 9.36. The fourth-order valence-corrected chi connectivity index (χ4v) is 6.91. The molecule has 3 heterocycles. The maximum Gasteiger partial charge on any atom is 0.246 e. The summed E-state index contributed by atoms with van der Waals surface area (Å²) in [7, 11) is 0. The van der Waals surface area contributed by atoms with Crippen LogP contribution in [0.1, 0.15) is 83.5 Å². The minimum Gasteiger partial charge on any atom is -0.391 e. The van der Waals surface area contributed by atoms with Crippen LogP contribution in [0.3, 0.4) is 0 Å². The number of nitrogens with zero attached hydrogens (tertiary/aromatic N) is 2. The summed E-state index contributed by atoms with van der Waals surface area (Å²) in [6.45, 7) is 11.7. The molecule has 0 saturated carbocycles. The predicted octanol–water partition coefficient (Wildman–Crippen LogP) is 3.07. The number of aliphatic hydroxyl groups is 1. The molecular formula is C34H50N6O5S. The van der Waals surface area contributed by atoms with Gasteiger partial charge >= 0.3 is 0 Å². The Morgan fingerprint density at radius 2 is 1.76 bits per heavy atom. The molecule has 11 nitrogen and oxygen atoms in total. The summed E-state index contributed by atoms with van der Waals surface area (Å²) in [6, 6.07) is 5.92. The van der Waals surface area contributed by atoms with Gasteiger partial charge in [0.2, 0.25) is 23.6 Å². The fraction of sp³-hybridized carbons (Fsp3) is 0.618. The van der Waals surface area contributed by atoms with Gasteiger partial charge < -0.3 is 31.3 Å². The lowest BCUT2D eigenvalue weighted by atomic mass is 9.85. The first-order chi connectivity index (χ1) is 21.8. The number of hydrogen-bond donors (Lipinski definition) is 5. The van der Waals surface area contributed by atoms with E-state index in [2.05, 4.69) is 26.3 Å². The second-order valence-corrected chi connectivity index (χ2v) is 14.5. The van der Waals surface area contributed by atoms with Crippen LogP contribution >= 0.6 is 11.3 Å². The quantitative estimate of drug-likeness (QED) is 0.221. The molecule has 2 aliphatic rings. The van der Waals surface area contributed by atoms with E-state index in [4.69, 9.17) is 0 Å². The summed E-state index contributed by atoms with van der Waals surface area (Å²) in [4.78, 5) is 59.5. The Bertz CT molecular complexity index is 1350. The second kappa shape index (κ2) is 16.0. The van der Waals surface area contributed by atoms with Gasteiger partial charge in [0, 0.05) is 31.8 Å². The summed E-state index contributed by atoms with van der Waals surface area (Å²) < 4.78 is 0. The highest BCUT2D eigenvalue weighted by atomic mass is 32.1. The van der Waals surface area contributed by atoms with Gasteiger partial charge in [0.25, 0.3) is 0 Å². The second-order valence-electron chi connectivity index (χ2n) is 13.7. The van der Waals surface area contributed by atoms with Crippen molar-refractivity contribution in [1.29, 1.82) is 0 Å². The van der Waals surface area contributed by atoms with Crippen LogP contribution in [0.25, 0.3) is 10.4 Å². The number of nitrogens with one attached hydrogen (secondary N) is 4. The number of unbranched alkanes of at least 4 members (excludes halogenated alkanes) is 1. The standard InChI is InChI=1S/C34H50N6O5S/c1-21(23-9-11-24(12-10-23)29-22(2)37-20-46-29)38-32(44)27-18-26(41)19-40(27)33(45)30(34(3,4)5)39-28(42)8-6-7-15-36-31(43)25-13-16-35-17-14-25/h9-12,20-21,25-27,30,35,41H,6-8,13-19H2,1-5H3,(H,36,43)(H,38,44)(H,39,42)/t21-,26+,27-,30?/m0/s1. The van der Waals surface area contributed by atoms with E-state index in [9.17, 15) is 24.3 Å². The molecule has 5 N–H and O–H groups in total. The van der Waals surface area contributed by atoms with Crippen molar-refractivity contribution in [3.05, 3.63) is 41.0 Å². The summed E-state index contributed by atoms with van der Waals surface area (Å²) in [6.07, 6.45) is 2.41. The Labute approximate surface area is 276 Å². The highest BCUT2D eigenvalue weighted by Gasteiger charge is 2.44. The van der Waals surface area contributed by atoms with Gasteiger partial charge in [-0.25, -0.2) is 4.98 Å². The van der Waals surface area contributed by atoms with E-state index in [0.717, 1.165) is 47.6 Å². The van der Waals surface area contributed by atoms with Crippen molar-refractivity contribution in [2.45, 2.75) is 97.4 Å². The molecule has 2 aromatic rings. The van der Waals surface area contributed by atoms with E-state index in [1.807, 2.05) is 64.4 Å². The predicted molar refractivity (Wildman–Crippen MR) is 179 cm³/mol. The lowest BCUT2D eigenvalue weighted by molar-refractivity contribution is -0.144. The fourth-order valence-electron chi connectivity index (χ4n) is 6.10. The van der Waals surface area contributed by atoms with Gasteiger partial charge in [-0.1, -0.05) is 45.0 Å².